The van der Waals surface area contributed by atoms with Crippen molar-refractivity contribution in [1.82, 2.24) is 4.90 Å². The van der Waals surface area contributed by atoms with Crippen LogP contribution >= 0.6 is 0 Å². The molecular formula is C13H27NO. The Morgan fingerprint density at radius 3 is 2.47 bits per heavy atom. The number of nitrogens with zero attached hydrogens (tertiary/aromatic N) is 1. The van der Waals surface area contributed by atoms with E-state index in [0.29, 0.717) is 12.1 Å². The van der Waals surface area contributed by atoms with E-state index < -0.39 is 0 Å². The van der Waals surface area contributed by atoms with Gasteiger partial charge in [-0.05, 0) is 46.1 Å². The number of rotatable bonds is 6. The minimum Gasteiger partial charge on any atom is -0.391 e. The molecule has 1 fully saturated rings. The fourth-order valence-electron chi connectivity index (χ4n) is 2.66. The Kier molecular flexibility index (Phi) is 5.62. The first-order valence-electron chi connectivity index (χ1n) is 6.60. The highest BCUT2D eigenvalue weighted by molar-refractivity contribution is 4.86. The maximum absolute atomic E-state index is 9.92. The molecule has 0 radical (unpaired) electrons. The Hall–Kier alpha value is -0.0800. The Morgan fingerprint density at radius 2 is 2.00 bits per heavy atom. The van der Waals surface area contributed by atoms with Crippen molar-refractivity contribution in [3.05, 3.63) is 0 Å². The first-order chi connectivity index (χ1) is 7.16. The molecular weight excluding hydrogens is 186 g/mol. The van der Waals surface area contributed by atoms with Crippen LogP contribution in [0.2, 0.25) is 0 Å². The van der Waals surface area contributed by atoms with Gasteiger partial charge in [-0.15, -0.1) is 0 Å². The second-order valence-corrected chi connectivity index (χ2v) is 5.10. The molecule has 0 heterocycles. The standard InChI is InChI=1S/C13H27NO/c1-4-5-6-10-14(11(2)3)12-8-7-9-13(12)15/h11-13,15H,4-10H2,1-3H3. The van der Waals surface area contributed by atoms with Gasteiger partial charge in [0.05, 0.1) is 6.10 Å². The van der Waals surface area contributed by atoms with Crippen LogP contribution in [-0.2, 0) is 0 Å². The average Bonchev–Trinajstić information content (AvgIpc) is 2.59. The molecule has 1 saturated carbocycles. The lowest BCUT2D eigenvalue weighted by molar-refractivity contribution is 0.0507. The summed E-state index contributed by atoms with van der Waals surface area (Å²) in [6, 6.07) is 1.00. The maximum Gasteiger partial charge on any atom is 0.0695 e. The van der Waals surface area contributed by atoms with Crippen LogP contribution in [0.3, 0.4) is 0 Å². The van der Waals surface area contributed by atoms with Gasteiger partial charge in [0.15, 0.2) is 0 Å². The second-order valence-electron chi connectivity index (χ2n) is 5.10. The minimum absolute atomic E-state index is 0.0750. The molecule has 0 bridgehead atoms. The van der Waals surface area contributed by atoms with Gasteiger partial charge in [0.1, 0.15) is 0 Å². The Bertz CT molecular complexity index is 170. The van der Waals surface area contributed by atoms with Gasteiger partial charge in [-0.1, -0.05) is 19.8 Å². The van der Waals surface area contributed by atoms with Gasteiger partial charge < -0.3 is 5.11 Å². The number of hydrogen-bond donors (Lipinski definition) is 1. The topological polar surface area (TPSA) is 23.5 Å². The molecule has 0 spiro atoms. The summed E-state index contributed by atoms with van der Waals surface area (Å²) in [5.41, 5.74) is 0. The summed E-state index contributed by atoms with van der Waals surface area (Å²) in [6.07, 6.45) is 7.17. The smallest absolute Gasteiger partial charge is 0.0695 e. The summed E-state index contributed by atoms with van der Waals surface area (Å²) in [5.74, 6) is 0. The SMILES string of the molecule is CCCCCN(C(C)C)C1CCCC1O. The van der Waals surface area contributed by atoms with Crippen molar-refractivity contribution in [1.29, 1.82) is 0 Å². The Balaban J connectivity index is 2.42. The van der Waals surface area contributed by atoms with E-state index in [4.69, 9.17) is 0 Å². The van der Waals surface area contributed by atoms with E-state index in [0.717, 1.165) is 13.0 Å². The molecule has 1 aliphatic rings. The van der Waals surface area contributed by atoms with Crippen LogP contribution in [-0.4, -0.2) is 34.7 Å². The molecule has 2 heteroatoms. The van der Waals surface area contributed by atoms with Gasteiger partial charge in [-0.3, -0.25) is 4.90 Å². The quantitative estimate of drug-likeness (QED) is 0.686. The van der Waals surface area contributed by atoms with E-state index in [1.54, 1.807) is 0 Å². The van der Waals surface area contributed by atoms with Crippen molar-refractivity contribution >= 4 is 0 Å². The monoisotopic (exact) mass is 213 g/mol. The fourth-order valence-corrected chi connectivity index (χ4v) is 2.66. The van der Waals surface area contributed by atoms with Gasteiger partial charge >= 0.3 is 0 Å². The predicted octanol–water partition coefficient (Wildman–Crippen LogP) is 2.80. The third kappa shape index (κ3) is 3.76. The zero-order valence-corrected chi connectivity index (χ0v) is 10.6. The van der Waals surface area contributed by atoms with Gasteiger partial charge in [0.25, 0.3) is 0 Å². The molecule has 2 atom stereocenters. The minimum atomic E-state index is -0.0750. The molecule has 0 saturated heterocycles. The van der Waals surface area contributed by atoms with Crippen molar-refractivity contribution in [3.63, 3.8) is 0 Å². The summed E-state index contributed by atoms with van der Waals surface area (Å²) in [7, 11) is 0. The number of aliphatic hydroxyl groups excluding tert-OH is 1. The summed E-state index contributed by atoms with van der Waals surface area (Å²) < 4.78 is 0. The fraction of sp³-hybridized carbons (Fsp3) is 1.00. The van der Waals surface area contributed by atoms with Crippen molar-refractivity contribution < 1.29 is 5.11 Å². The van der Waals surface area contributed by atoms with Crippen molar-refractivity contribution in [2.45, 2.75) is 77.5 Å². The first-order valence-corrected chi connectivity index (χ1v) is 6.60. The number of hydrogen-bond acceptors (Lipinski definition) is 2. The Morgan fingerprint density at radius 1 is 1.27 bits per heavy atom. The summed E-state index contributed by atoms with van der Waals surface area (Å²) in [6.45, 7) is 7.89. The molecule has 0 aliphatic heterocycles. The highest BCUT2D eigenvalue weighted by atomic mass is 16.3. The van der Waals surface area contributed by atoms with Gasteiger partial charge in [0.2, 0.25) is 0 Å². The molecule has 1 rings (SSSR count). The van der Waals surface area contributed by atoms with Crippen molar-refractivity contribution in [2.75, 3.05) is 6.54 Å². The highest BCUT2D eigenvalue weighted by Gasteiger charge is 2.31. The second kappa shape index (κ2) is 6.49. The van der Waals surface area contributed by atoms with Crippen LogP contribution in [0, 0.1) is 0 Å². The highest BCUT2D eigenvalue weighted by Crippen LogP contribution is 2.26. The summed E-state index contributed by atoms with van der Waals surface area (Å²) in [4.78, 5) is 2.51. The molecule has 0 aromatic heterocycles. The lowest BCUT2D eigenvalue weighted by Crippen LogP contribution is -2.45. The van der Waals surface area contributed by atoms with E-state index >= 15 is 0 Å². The van der Waals surface area contributed by atoms with E-state index in [1.807, 2.05) is 0 Å². The predicted molar refractivity (Wildman–Crippen MR) is 65.0 cm³/mol. The van der Waals surface area contributed by atoms with E-state index in [-0.39, 0.29) is 6.10 Å². The van der Waals surface area contributed by atoms with E-state index in [1.165, 1.54) is 32.1 Å². The average molecular weight is 213 g/mol. The largest absolute Gasteiger partial charge is 0.391 e. The zero-order valence-electron chi connectivity index (χ0n) is 10.6. The molecule has 0 aromatic rings. The summed E-state index contributed by atoms with van der Waals surface area (Å²) >= 11 is 0. The number of aliphatic hydroxyl groups is 1. The van der Waals surface area contributed by atoms with Crippen LogP contribution in [0.25, 0.3) is 0 Å². The number of unbranched alkanes of at least 4 members (excludes halogenated alkanes) is 2. The van der Waals surface area contributed by atoms with Crippen LogP contribution in [0.5, 0.6) is 0 Å². The van der Waals surface area contributed by atoms with Crippen LogP contribution < -0.4 is 0 Å². The molecule has 90 valence electrons. The van der Waals surface area contributed by atoms with Crippen molar-refractivity contribution in [2.24, 2.45) is 0 Å². The summed E-state index contributed by atoms with van der Waals surface area (Å²) in [5, 5.41) is 9.92. The molecule has 1 aliphatic carbocycles. The molecule has 1 N–H and O–H groups in total. The lowest BCUT2D eigenvalue weighted by atomic mass is 10.1. The third-order valence-corrected chi connectivity index (χ3v) is 3.55. The van der Waals surface area contributed by atoms with E-state index in [2.05, 4.69) is 25.7 Å². The molecule has 2 unspecified atom stereocenters. The zero-order chi connectivity index (χ0) is 11.3. The lowest BCUT2D eigenvalue weighted by Gasteiger charge is -2.34. The van der Waals surface area contributed by atoms with Crippen LogP contribution in [0.1, 0.15) is 59.3 Å². The van der Waals surface area contributed by atoms with Gasteiger partial charge in [-0.2, -0.15) is 0 Å². The molecule has 2 nitrogen and oxygen atoms in total. The van der Waals surface area contributed by atoms with Crippen molar-refractivity contribution in [3.8, 4) is 0 Å². The molecule has 15 heavy (non-hydrogen) atoms. The molecule has 0 amide bonds. The molecule has 0 aromatic carbocycles. The van der Waals surface area contributed by atoms with Gasteiger partial charge in [0, 0.05) is 12.1 Å². The first kappa shape index (κ1) is 13.0. The van der Waals surface area contributed by atoms with E-state index in [9.17, 15) is 5.11 Å². The maximum atomic E-state index is 9.92. The normalized spacial score (nSPS) is 26.8. The van der Waals surface area contributed by atoms with Crippen LogP contribution in [0.15, 0.2) is 0 Å². The van der Waals surface area contributed by atoms with Crippen LogP contribution in [0.4, 0.5) is 0 Å². The van der Waals surface area contributed by atoms with Gasteiger partial charge in [-0.25, -0.2) is 0 Å². The third-order valence-electron chi connectivity index (χ3n) is 3.55. The Labute approximate surface area is 94.7 Å².